The third kappa shape index (κ3) is 5.37. The number of amides is 1. The van der Waals surface area contributed by atoms with Gasteiger partial charge in [0.25, 0.3) is 5.91 Å². The molecule has 0 bridgehead atoms. The minimum atomic E-state index is -0.158. The first kappa shape index (κ1) is 21.2. The molecule has 3 aromatic carbocycles. The van der Waals surface area contributed by atoms with E-state index in [-0.39, 0.29) is 5.91 Å². The first-order chi connectivity index (χ1) is 15.1. The third-order valence-corrected chi connectivity index (χ3v) is 6.76. The molecule has 158 valence electrons. The van der Waals surface area contributed by atoms with Crippen molar-refractivity contribution in [3.8, 4) is 11.5 Å². The molecule has 7 heteroatoms. The zero-order chi connectivity index (χ0) is 21.6. The molecule has 0 aliphatic carbocycles. The smallest absolute Gasteiger partial charge is 0.255 e. The van der Waals surface area contributed by atoms with E-state index >= 15 is 0 Å². The van der Waals surface area contributed by atoms with Gasteiger partial charge in [-0.3, -0.25) is 4.79 Å². The van der Waals surface area contributed by atoms with Crippen LogP contribution in [-0.4, -0.2) is 30.4 Å². The quantitative estimate of drug-likeness (QED) is 0.262. The van der Waals surface area contributed by atoms with Gasteiger partial charge in [0.1, 0.15) is 11.5 Å². The normalized spacial score (nSPS) is 10.8. The number of aryl methyl sites for hydroxylation is 1. The number of methoxy groups -OCH3 is 1. The molecule has 0 spiro atoms. The highest BCUT2D eigenvalue weighted by Crippen LogP contribution is 2.31. The zero-order valence-electron chi connectivity index (χ0n) is 17.3. The number of fused-ring (bicyclic) bond motifs is 1. The van der Waals surface area contributed by atoms with Crippen LogP contribution in [0.2, 0.25) is 0 Å². The molecule has 31 heavy (non-hydrogen) atoms. The maximum Gasteiger partial charge on any atom is 0.255 e. The summed E-state index contributed by atoms with van der Waals surface area (Å²) in [5.74, 6) is 2.30. The fraction of sp³-hybridized carbons (Fsp3) is 0.167. The molecule has 5 nitrogen and oxygen atoms in total. The average Bonchev–Trinajstić information content (AvgIpc) is 3.20. The number of benzene rings is 3. The molecular weight excluding hydrogens is 428 g/mol. The van der Waals surface area contributed by atoms with E-state index < -0.39 is 0 Å². The molecule has 0 saturated heterocycles. The second-order valence-electron chi connectivity index (χ2n) is 6.81. The molecular formula is C24H22N2O3S2. The van der Waals surface area contributed by atoms with Crippen LogP contribution in [0.3, 0.4) is 0 Å². The van der Waals surface area contributed by atoms with Crippen molar-refractivity contribution < 1.29 is 14.3 Å². The van der Waals surface area contributed by atoms with Crippen LogP contribution < -0.4 is 14.8 Å². The van der Waals surface area contributed by atoms with Crippen molar-refractivity contribution in [2.75, 3.05) is 24.8 Å². The summed E-state index contributed by atoms with van der Waals surface area (Å²) in [4.78, 5) is 17.2. The number of hydrogen-bond acceptors (Lipinski definition) is 6. The Morgan fingerprint density at radius 3 is 2.68 bits per heavy atom. The maximum absolute atomic E-state index is 12.5. The molecule has 0 unspecified atom stereocenters. The summed E-state index contributed by atoms with van der Waals surface area (Å²) in [5.41, 5.74) is 3.39. The molecule has 0 saturated carbocycles. The summed E-state index contributed by atoms with van der Waals surface area (Å²) in [7, 11) is 1.60. The van der Waals surface area contributed by atoms with Crippen LogP contribution in [0.25, 0.3) is 10.2 Å². The van der Waals surface area contributed by atoms with E-state index in [0.717, 1.165) is 43.1 Å². The number of thioether (sulfide) groups is 1. The van der Waals surface area contributed by atoms with E-state index in [4.69, 9.17) is 9.47 Å². The van der Waals surface area contributed by atoms with Crippen LogP contribution in [0, 0.1) is 6.92 Å². The van der Waals surface area contributed by atoms with Gasteiger partial charge in [-0.15, -0.1) is 11.3 Å². The number of hydrogen-bond donors (Lipinski definition) is 1. The van der Waals surface area contributed by atoms with Gasteiger partial charge in [0, 0.05) is 17.0 Å². The van der Waals surface area contributed by atoms with E-state index in [1.54, 1.807) is 54.5 Å². The van der Waals surface area contributed by atoms with Crippen LogP contribution >= 0.6 is 23.1 Å². The van der Waals surface area contributed by atoms with Gasteiger partial charge in [-0.2, -0.15) is 0 Å². The fourth-order valence-corrected chi connectivity index (χ4v) is 4.98. The van der Waals surface area contributed by atoms with Crippen molar-refractivity contribution in [2.24, 2.45) is 0 Å². The Morgan fingerprint density at radius 2 is 1.90 bits per heavy atom. The van der Waals surface area contributed by atoms with E-state index in [0.29, 0.717) is 12.2 Å². The SMILES string of the molecule is COc1ccc(C(=O)Nc2ccc3nc(SCCOc4ccccc4C)sc3c2)cc1. The van der Waals surface area contributed by atoms with Gasteiger partial charge in [-0.1, -0.05) is 30.0 Å². The lowest BCUT2D eigenvalue weighted by atomic mass is 10.2. The molecule has 1 heterocycles. The number of carbonyl (C=O) groups is 1. The second-order valence-corrected chi connectivity index (χ2v) is 9.18. The summed E-state index contributed by atoms with van der Waals surface area (Å²) in [6, 6.07) is 20.8. The van der Waals surface area contributed by atoms with Crippen LogP contribution in [0.4, 0.5) is 5.69 Å². The molecule has 0 aliphatic rings. The standard InChI is InChI=1S/C24H22N2O3S2/c1-16-5-3-4-6-21(16)29-13-14-30-24-26-20-12-9-18(15-22(20)31-24)25-23(27)17-7-10-19(28-2)11-8-17/h3-12,15H,13-14H2,1-2H3,(H,25,27). The molecule has 1 N–H and O–H groups in total. The number of carbonyl (C=O) groups excluding carboxylic acids is 1. The number of anilines is 1. The van der Waals surface area contributed by atoms with Gasteiger partial charge < -0.3 is 14.8 Å². The molecule has 0 aliphatic heterocycles. The lowest BCUT2D eigenvalue weighted by Gasteiger charge is -2.07. The van der Waals surface area contributed by atoms with E-state index in [1.807, 2.05) is 49.4 Å². The number of nitrogens with one attached hydrogen (secondary N) is 1. The van der Waals surface area contributed by atoms with Gasteiger partial charge in [-0.05, 0) is 61.0 Å². The van der Waals surface area contributed by atoms with Crippen molar-refractivity contribution in [3.05, 3.63) is 77.9 Å². The Balaban J connectivity index is 1.35. The first-order valence-electron chi connectivity index (χ1n) is 9.79. The number of nitrogens with zero attached hydrogens (tertiary/aromatic N) is 1. The van der Waals surface area contributed by atoms with Crippen LogP contribution in [-0.2, 0) is 0 Å². The highest BCUT2D eigenvalue weighted by Gasteiger charge is 2.09. The third-order valence-electron chi connectivity index (χ3n) is 4.64. The Bertz CT molecular complexity index is 1190. The van der Waals surface area contributed by atoms with Crippen LogP contribution in [0.1, 0.15) is 15.9 Å². The Labute approximate surface area is 189 Å². The average molecular weight is 451 g/mol. The minimum Gasteiger partial charge on any atom is -0.497 e. The molecule has 1 aromatic heterocycles. The van der Waals surface area contributed by atoms with Gasteiger partial charge in [0.05, 0.1) is 23.9 Å². The first-order valence-corrected chi connectivity index (χ1v) is 11.6. The number of thiazole rings is 1. The zero-order valence-corrected chi connectivity index (χ0v) is 18.9. The number of aromatic nitrogens is 1. The summed E-state index contributed by atoms with van der Waals surface area (Å²) in [5, 5.41) is 2.95. The van der Waals surface area contributed by atoms with E-state index in [1.165, 1.54) is 0 Å². The summed E-state index contributed by atoms with van der Waals surface area (Å²) in [6.07, 6.45) is 0. The van der Waals surface area contributed by atoms with Crippen molar-refractivity contribution in [2.45, 2.75) is 11.3 Å². The monoisotopic (exact) mass is 450 g/mol. The summed E-state index contributed by atoms with van der Waals surface area (Å²) >= 11 is 3.29. The molecule has 0 fully saturated rings. The van der Waals surface area contributed by atoms with Crippen LogP contribution in [0.5, 0.6) is 11.5 Å². The van der Waals surface area contributed by atoms with E-state index in [9.17, 15) is 4.79 Å². The van der Waals surface area contributed by atoms with Crippen molar-refractivity contribution in [3.63, 3.8) is 0 Å². The number of ether oxygens (including phenoxy) is 2. The van der Waals surface area contributed by atoms with Crippen molar-refractivity contribution >= 4 is 44.9 Å². The lowest BCUT2D eigenvalue weighted by Crippen LogP contribution is -2.11. The highest BCUT2D eigenvalue weighted by atomic mass is 32.2. The predicted octanol–water partition coefficient (Wildman–Crippen LogP) is 6.04. The van der Waals surface area contributed by atoms with Crippen molar-refractivity contribution in [1.82, 2.24) is 4.98 Å². The minimum absolute atomic E-state index is 0.158. The van der Waals surface area contributed by atoms with Crippen molar-refractivity contribution in [1.29, 1.82) is 0 Å². The Kier molecular flexibility index (Phi) is 6.74. The molecule has 1 amide bonds. The number of para-hydroxylation sites is 1. The fourth-order valence-electron chi connectivity index (χ4n) is 2.99. The highest BCUT2D eigenvalue weighted by molar-refractivity contribution is 8.01. The molecule has 4 aromatic rings. The Morgan fingerprint density at radius 1 is 1.10 bits per heavy atom. The molecule has 0 atom stereocenters. The topological polar surface area (TPSA) is 60.5 Å². The number of rotatable bonds is 8. The molecule has 0 radical (unpaired) electrons. The summed E-state index contributed by atoms with van der Waals surface area (Å²) < 4.78 is 13.0. The lowest BCUT2D eigenvalue weighted by molar-refractivity contribution is 0.102. The Hall–Kier alpha value is -3.03. The largest absolute Gasteiger partial charge is 0.497 e. The molecule has 4 rings (SSSR count). The van der Waals surface area contributed by atoms with E-state index in [2.05, 4.69) is 10.3 Å². The second kappa shape index (κ2) is 9.85. The van der Waals surface area contributed by atoms with Gasteiger partial charge in [-0.25, -0.2) is 4.98 Å². The van der Waals surface area contributed by atoms with Gasteiger partial charge >= 0.3 is 0 Å². The predicted molar refractivity (Wildman–Crippen MR) is 128 cm³/mol. The van der Waals surface area contributed by atoms with Gasteiger partial charge in [0.2, 0.25) is 0 Å². The maximum atomic E-state index is 12.5. The summed E-state index contributed by atoms with van der Waals surface area (Å²) in [6.45, 7) is 2.66. The van der Waals surface area contributed by atoms with Gasteiger partial charge in [0.15, 0.2) is 4.34 Å². The van der Waals surface area contributed by atoms with Crippen LogP contribution in [0.15, 0.2) is 71.1 Å².